The van der Waals surface area contributed by atoms with Gasteiger partial charge in [-0.05, 0) is 37.3 Å². The molecule has 6 heteroatoms. The zero-order valence-corrected chi connectivity index (χ0v) is 12.4. The first-order chi connectivity index (χ1) is 9.46. The Morgan fingerprint density at radius 1 is 1.50 bits per heavy atom. The molecule has 1 atom stereocenters. The summed E-state index contributed by atoms with van der Waals surface area (Å²) in [5.41, 5.74) is 0.0637. The standard InChI is InChI=1S/C14H18O5S/c1-9(10-3-4-11(19-10)13(16)17)20-8-14(5-6-14)7-12(15)18-2/h3-4,9H,5-8H2,1-2H3,(H,16,17). The fourth-order valence-corrected chi connectivity index (χ4v) is 3.28. The quantitative estimate of drug-likeness (QED) is 0.779. The number of rotatable bonds is 7. The zero-order valence-electron chi connectivity index (χ0n) is 11.5. The van der Waals surface area contributed by atoms with Gasteiger partial charge < -0.3 is 14.3 Å². The van der Waals surface area contributed by atoms with Crippen molar-refractivity contribution in [3.05, 3.63) is 23.7 Å². The van der Waals surface area contributed by atoms with E-state index in [2.05, 4.69) is 0 Å². The van der Waals surface area contributed by atoms with Gasteiger partial charge in [-0.25, -0.2) is 4.79 Å². The lowest BCUT2D eigenvalue weighted by Gasteiger charge is -2.15. The second-order valence-electron chi connectivity index (χ2n) is 5.21. The maximum absolute atomic E-state index is 11.3. The third-order valence-corrected chi connectivity index (χ3v) is 5.09. The molecule has 0 bridgehead atoms. The van der Waals surface area contributed by atoms with Gasteiger partial charge in [0.2, 0.25) is 5.76 Å². The van der Waals surface area contributed by atoms with Crippen LogP contribution in [0, 0.1) is 5.41 Å². The third kappa shape index (κ3) is 3.56. The molecule has 1 fully saturated rings. The summed E-state index contributed by atoms with van der Waals surface area (Å²) in [6, 6.07) is 3.16. The maximum Gasteiger partial charge on any atom is 0.371 e. The van der Waals surface area contributed by atoms with E-state index in [1.54, 1.807) is 17.8 Å². The molecule has 1 N–H and O–H groups in total. The Morgan fingerprint density at radius 3 is 2.70 bits per heavy atom. The Balaban J connectivity index is 1.87. The first-order valence-electron chi connectivity index (χ1n) is 6.47. The van der Waals surface area contributed by atoms with Gasteiger partial charge in [0.15, 0.2) is 0 Å². The maximum atomic E-state index is 11.3. The van der Waals surface area contributed by atoms with E-state index in [1.807, 2.05) is 6.92 Å². The van der Waals surface area contributed by atoms with Crippen LogP contribution in [0.5, 0.6) is 0 Å². The van der Waals surface area contributed by atoms with E-state index in [-0.39, 0.29) is 22.4 Å². The van der Waals surface area contributed by atoms with Crippen LogP contribution in [-0.4, -0.2) is 29.9 Å². The fraction of sp³-hybridized carbons (Fsp3) is 0.571. The van der Waals surface area contributed by atoms with Crippen LogP contribution in [0.3, 0.4) is 0 Å². The van der Waals surface area contributed by atoms with Crippen LogP contribution in [0.2, 0.25) is 0 Å². The van der Waals surface area contributed by atoms with E-state index in [0.717, 1.165) is 18.6 Å². The Bertz CT molecular complexity index is 503. The van der Waals surface area contributed by atoms with Gasteiger partial charge in [0.05, 0.1) is 18.8 Å². The number of methoxy groups -OCH3 is 1. The van der Waals surface area contributed by atoms with Crippen molar-refractivity contribution in [2.45, 2.75) is 31.4 Å². The van der Waals surface area contributed by atoms with Gasteiger partial charge in [-0.3, -0.25) is 4.79 Å². The van der Waals surface area contributed by atoms with Crippen molar-refractivity contribution in [3.63, 3.8) is 0 Å². The van der Waals surface area contributed by atoms with E-state index in [9.17, 15) is 9.59 Å². The highest BCUT2D eigenvalue weighted by Crippen LogP contribution is 2.53. The molecule has 0 aromatic carbocycles. The van der Waals surface area contributed by atoms with E-state index < -0.39 is 5.97 Å². The Morgan fingerprint density at radius 2 is 2.20 bits per heavy atom. The van der Waals surface area contributed by atoms with Gasteiger partial charge in [0, 0.05) is 5.75 Å². The van der Waals surface area contributed by atoms with E-state index in [1.165, 1.54) is 13.2 Å². The molecular formula is C14H18O5S. The number of carbonyl (C=O) groups is 2. The van der Waals surface area contributed by atoms with Crippen LogP contribution >= 0.6 is 11.8 Å². The van der Waals surface area contributed by atoms with Gasteiger partial charge in [-0.15, -0.1) is 0 Å². The van der Waals surface area contributed by atoms with E-state index >= 15 is 0 Å². The van der Waals surface area contributed by atoms with Crippen LogP contribution < -0.4 is 0 Å². The number of hydrogen-bond donors (Lipinski definition) is 1. The smallest absolute Gasteiger partial charge is 0.371 e. The third-order valence-electron chi connectivity index (χ3n) is 3.58. The summed E-state index contributed by atoms with van der Waals surface area (Å²) >= 11 is 1.68. The molecule has 2 rings (SSSR count). The second-order valence-corrected chi connectivity index (χ2v) is 6.54. The van der Waals surface area contributed by atoms with E-state index in [0.29, 0.717) is 12.2 Å². The molecule has 1 unspecified atom stereocenters. The number of esters is 1. The van der Waals surface area contributed by atoms with Crippen molar-refractivity contribution < 1.29 is 23.8 Å². The highest BCUT2D eigenvalue weighted by Gasteiger charge is 2.44. The van der Waals surface area contributed by atoms with E-state index in [4.69, 9.17) is 14.3 Å². The first kappa shape index (κ1) is 15.0. The van der Waals surface area contributed by atoms with Crippen molar-refractivity contribution in [3.8, 4) is 0 Å². The topological polar surface area (TPSA) is 76.7 Å². The summed E-state index contributed by atoms with van der Waals surface area (Å²) in [7, 11) is 1.41. The summed E-state index contributed by atoms with van der Waals surface area (Å²) in [5, 5.41) is 8.89. The van der Waals surface area contributed by atoms with Crippen molar-refractivity contribution in [2.24, 2.45) is 5.41 Å². The highest BCUT2D eigenvalue weighted by molar-refractivity contribution is 7.99. The lowest BCUT2D eigenvalue weighted by atomic mass is 10.1. The molecule has 1 saturated carbocycles. The van der Waals surface area contributed by atoms with Crippen molar-refractivity contribution in [2.75, 3.05) is 12.9 Å². The largest absolute Gasteiger partial charge is 0.475 e. The summed E-state index contributed by atoms with van der Waals surface area (Å²) in [6.07, 6.45) is 2.54. The number of aromatic carboxylic acids is 1. The van der Waals surface area contributed by atoms with Gasteiger partial charge in [0.1, 0.15) is 5.76 Å². The van der Waals surface area contributed by atoms with Crippen molar-refractivity contribution >= 4 is 23.7 Å². The highest BCUT2D eigenvalue weighted by atomic mass is 32.2. The molecule has 0 radical (unpaired) electrons. The normalized spacial score (nSPS) is 17.5. The van der Waals surface area contributed by atoms with Gasteiger partial charge >= 0.3 is 11.9 Å². The number of thioether (sulfide) groups is 1. The molecule has 20 heavy (non-hydrogen) atoms. The Hall–Kier alpha value is -1.43. The lowest BCUT2D eigenvalue weighted by Crippen LogP contribution is -2.13. The van der Waals surface area contributed by atoms with Gasteiger partial charge in [-0.2, -0.15) is 11.8 Å². The molecular weight excluding hydrogens is 280 g/mol. The minimum absolute atomic E-state index is 0.0388. The summed E-state index contributed by atoms with van der Waals surface area (Å²) in [4.78, 5) is 22.1. The minimum atomic E-state index is -1.06. The molecule has 1 aliphatic rings. The molecule has 0 amide bonds. The molecule has 1 aromatic rings. The first-order valence-corrected chi connectivity index (χ1v) is 7.52. The van der Waals surface area contributed by atoms with Gasteiger partial charge in [0.25, 0.3) is 0 Å². The lowest BCUT2D eigenvalue weighted by molar-refractivity contribution is -0.141. The van der Waals surface area contributed by atoms with Crippen molar-refractivity contribution in [1.29, 1.82) is 0 Å². The average molecular weight is 298 g/mol. The molecule has 0 aliphatic heterocycles. The van der Waals surface area contributed by atoms with Crippen LogP contribution in [0.25, 0.3) is 0 Å². The fourth-order valence-electron chi connectivity index (χ4n) is 2.00. The molecule has 5 nitrogen and oxygen atoms in total. The monoisotopic (exact) mass is 298 g/mol. The minimum Gasteiger partial charge on any atom is -0.475 e. The SMILES string of the molecule is COC(=O)CC1(CSC(C)c2ccc(C(=O)O)o2)CC1. The average Bonchev–Trinajstić information content (AvgIpc) is 2.99. The predicted molar refractivity (Wildman–Crippen MR) is 74.8 cm³/mol. The summed E-state index contributed by atoms with van der Waals surface area (Å²) in [5.74, 6) is 0.246. The molecule has 110 valence electrons. The number of carboxylic acid groups (broad SMARTS) is 1. The molecule has 1 aliphatic carbocycles. The number of carbonyl (C=O) groups excluding carboxylic acids is 1. The van der Waals surface area contributed by atoms with Gasteiger partial charge in [-0.1, -0.05) is 0 Å². The predicted octanol–water partition coefficient (Wildman–Crippen LogP) is 3.12. The molecule has 1 aromatic heterocycles. The number of carboxylic acids is 1. The van der Waals surface area contributed by atoms with Crippen LogP contribution in [-0.2, 0) is 9.53 Å². The number of ether oxygens (including phenoxy) is 1. The summed E-state index contributed by atoms with van der Waals surface area (Å²) < 4.78 is 10.00. The number of furan rings is 1. The van der Waals surface area contributed by atoms with Crippen LogP contribution in [0.1, 0.15) is 47.8 Å². The molecule has 1 heterocycles. The van der Waals surface area contributed by atoms with Crippen LogP contribution in [0.4, 0.5) is 0 Å². The molecule has 0 spiro atoms. The summed E-state index contributed by atoms with van der Waals surface area (Å²) in [6.45, 7) is 1.98. The Labute approximate surface area is 121 Å². The second kappa shape index (κ2) is 5.91. The molecule has 0 saturated heterocycles. The van der Waals surface area contributed by atoms with Crippen LogP contribution in [0.15, 0.2) is 16.5 Å². The number of hydrogen-bond acceptors (Lipinski definition) is 5. The zero-order chi connectivity index (χ0) is 14.8. The van der Waals surface area contributed by atoms with Crippen molar-refractivity contribution in [1.82, 2.24) is 0 Å². The Kier molecular flexibility index (Phi) is 4.42.